The fraction of sp³-hybridized carbons (Fsp3) is 0.0952. The summed E-state index contributed by atoms with van der Waals surface area (Å²) in [5.74, 6) is -3.22. The molecule has 1 heterocycles. The Balaban J connectivity index is 1.96. The number of alkyl halides is 2. The molecule has 1 N–H and O–H groups in total. The molecule has 0 bridgehead atoms. The summed E-state index contributed by atoms with van der Waals surface area (Å²) in [6, 6.07) is 8.70. The number of amides is 1. The zero-order valence-electron chi connectivity index (χ0n) is 16.2. The van der Waals surface area contributed by atoms with E-state index < -0.39 is 45.1 Å². The van der Waals surface area contributed by atoms with Crippen LogP contribution in [0.15, 0.2) is 53.6 Å². The fourth-order valence-electron chi connectivity index (χ4n) is 2.90. The molecule has 0 aliphatic rings. The Morgan fingerprint density at radius 3 is 2.25 bits per heavy atom. The van der Waals surface area contributed by atoms with Crippen LogP contribution in [0.3, 0.4) is 0 Å². The molecule has 0 unspecified atom stereocenters. The number of nitrogens with zero attached hydrogens (tertiary/aromatic N) is 2. The lowest BCUT2D eigenvalue weighted by molar-refractivity contribution is 0.102. The van der Waals surface area contributed by atoms with Crippen LogP contribution >= 0.6 is 0 Å². The number of rotatable bonds is 5. The van der Waals surface area contributed by atoms with Gasteiger partial charge in [-0.1, -0.05) is 6.07 Å². The predicted molar refractivity (Wildman–Crippen MR) is 107 cm³/mol. The lowest BCUT2D eigenvalue weighted by atomic mass is 10.0. The minimum absolute atomic E-state index is 0.00926. The number of anilines is 1. The molecule has 3 rings (SSSR count). The molecule has 0 spiro atoms. The van der Waals surface area contributed by atoms with E-state index in [1.807, 2.05) is 0 Å². The van der Waals surface area contributed by atoms with Crippen molar-refractivity contribution >= 4 is 21.4 Å². The Kier molecular flexibility index (Phi) is 6.27. The van der Waals surface area contributed by atoms with Gasteiger partial charge in [0, 0.05) is 23.7 Å². The van der Waals surface area contributed by atoms with Crippen LogP contribution in [-0.2, 0) is 9.84 Å². The standard InChI is InChI=1S/C21H13F4N3O3S/c1-32(30,31)18-5-2-11(9-26)6-14(18)21(29)28-13-7-15(22)19(16(23)8-13)12-3-4-17(20(24)25)27-10-12/h2-8,10,20H,1H3,(H,28,29). The molecule has 0 saturated carbocycles. The zero-order chi connectivity index (χ0) is 23.6. The number of pyridine rings is 1. The van der Waals surface area contributed by atoms with Crippen molar-refractivity contribution in [3.63, 3.8) is 0 Å². The van der Waals surface area contributed by atoms with Gasteiger partial charge in [-0.15, -0.1) is 0 Å². The molecular weight excluding hydrogens is 450 g/mol. The molecule has 0 aliphatic heterocycles. The van der Waals surface area contributed by atoms with Crippen molar-refractivity contribution in [1.82, 2.24) is 4.98 Å². The maximum absolute atomic E-state index is 14.6. The second-order valence-corrected chi connectivity index (χ2v) is 8.62. The quantitative estimate of drug-likeness (QED) is 0.562. The van der Waals surface area contributed by atoms with Gasteiger partial charge < -0.3 is 5.32 Å². The zero-order valence-corrected chi connectivity index (χ0v) is 17.1. The van der Waals surface area contributed by atoms with Crippen LogP contribution in [0.4, 0.5) is 23.2 Å². The minimum Gasteiger partial charge on any atom is -0.322 e. The predicted octanol–water partition coefficient (Wildman–Crippen LogP) is 4.49. The van der Waals surface area contributed by atoms with Crippen molar-refractivity contribution in [2.75, 3.05) is 11.6 Å². The average Bonchev–Trinajstić information content (AvgIpc) is 2.72. The Bertz CT molecular complexity index is 1330. The summed E-state index contributed by atoms with van der Waals surface area (Å²) < 4.78 is 78.3. The van der Waals surface area contributed by atoms with Crippen molar-refractivity contribution in [2.24, 2.45) is 0 Å². The molecule has 32 heavy (non-hydrogen) atoms. The van der Waals surface area contributed by atoms with Crippen molar-refractivity contribution in [1.29, 1.82) is 5.26 Å². The maximum atomic E-state index is 14.6. The smallest absolute Gasteiger partial charge is 0.280 e. The number of hydrogen-bond acceptors (Lipinski definition) is 5. The highest BCUT2D eigenvalue weighted by atomic mass is 32.2. The van der Waals surface area contributed by atoms with Crippen LogP contribution < -0.4 is 5.32 Å². The van der Waals surface area contributed by atoms with Crippen molar-refractivity contribution in [3.05, 3.63) is 77.1 Å². The molecule has 0 atom stereocenters. The van der Waals surface area contributed by atoms with Gasteiger partial charge in [-0.25, -0.2) is 26.0 Å². The summed E-state index contributed by atoms with van der Waals surface area (Å²) in [6.45, 7) is 0. The fourth-order valence-corrected chi connectivity index (χ4v) is 3.77. The molecule has 0 fully saturated rings. The molecule has 0 saturated heterocycles. The third kappa shape index (κ3) is 4.76. The summed E-state index contributed by atoms with van der Waals surface area (Å²) in [7, 11) is -3.84. The molecule has 2 aromatic carbocycles. The summed E-state index contributed by atoms with van der Waals surface area (Å²) in [5.41, 5.74) is -1.88. The third-order valence-electron chi connectivity index (χ3n) is 4.35. The van der Waals surface area contributed by atoms with Crippen molar-refractivity contribution < 1.29 is 30.8 Å². The third-order valence-corrected chi connectivity index (χ3v) is 5.51. The van der Waals surface area contributed by atoms with Crippen LogP contribution in [0.5, 0.6) is 0 Å². The van der Waals surface area contributed by atoms with Gasteiger partial charge in [0.2, 0.25) is 0 Å². The van der Waals surface area contributed by atoms with E-state index in [9.17, 15) is 30.8 Å². The van der Waals surface area contributed by atoms with E-state index in [1.165, 1.54) is 6.07 Å². The van der Waals surface area contributed by atoms with E-state index in [1.54, 1.807) is 6.07 Å². The number of carbonyl (C=O) groups is 1. The first-order chi connectivity index (χ1) is 15.0. The molecule has 164 valence electrons. The molecule has 3 aromatic rings. The highest BCUT2D eigenvalue weighted by Gasteiger charge is 2.21. The highest BCUT2D eigenvalue weighted by Crippen LogP contribution is 2.30. The number of nitriles is 1. The Hall–Kier alpha value is -3.78. The molecule has 0 aliphatic carbocycles. The SMILES string of the molecule is CS(=O)(=O)c1ccc(C#N)cc1C(=O)Nc1cc(F)c(-c2ccc(C(F)F)nc2)c(F)c1. The number of benzene rings is 2. The van der Waals surface area contributed by atoms with Gasteiger partial charge in [-0.3, -0.25) is 9.78 Å². The lowest BCUT2D eigenvalue weighted by Gasteiger charge is -2.12. The number of nitrogens with one attached hydrogen (secondary N) is 1. The van der Waals surface area contributed by atoms with Gasteiger partial charge in [0.1, 0.15) is 17.3 Å². The summed E-state index contributed by atoms with van der Waals surface area (Å²) >= 11 is 0. The number of aromatic nitrogens is 1. The second kappa shape index (κ2) is 8.76. The van der Waals surface area contributed by atoms with E-state index in [-0.39, 0.29) is 27.3 Å². The number of halogens is 4. The first kappa shape index (κ1) is 22.9. The van der Waals surface area contributed by atoms with E-state index in [2.05, 4.69) is 10.3 Å². The van der Waals surface area contributed by atoms with Gasteiger partial charge in [0.05, 0.1) is 27.7 Å². The van der Waals surface area contributed by atoms with E-state index >= 15 is 0 Å². The molecular formula is C21H13F4N3O3S. The van der Waals surface area contributed by atoms with Gasteiger partial charge in [0.25, 0.3) is 12.3 Å². The van der Waals surface area contributed by atoms with Gasteiger partial charge in [-0.05, 0) is 36.4 Å². The highest BCUT2D eigenvalue weighted by molar-refractivity contribution is 7.90. The lowest BCUT2D eigenvalue weighted by Crippen LogP contribution is -2.17. The first-order valence-electron chi connectivity index (χ1n) is 8.80. The molecule has 1 amide bonds. The van der Waals surface area contributed by atoms with Crippen LogP contribution in [0.1, 0.15) is 28.0 Å². The first-order valence-corrected chi connectivity index (χ1v) is 10.7. The topological polar surface area (TPSA) is 99.9 Å². The van der Waals surface area contributed by atoms with Crippen molar-refractivity contribution in [2.45, 2.75) is 11.3 Å². The summed E-state index contributed by atoms with van der Waals surface area (Å²) in [6.07, 6.45) is -1.08. The minimum atomic E-state index is -3.84. The number of hydrogen-bond donors (Lipinski definition) is 1. The van der Waals surface area contributed by atoms with Crippen LogP contribution in [0, 0.1) is 23.0 Å². The van der Waals surface area contributed by atoms with Gasteiger partial charge in [0.15, 0.2) is 9.84 Å². The largest absolute Gasteiger partial charge is 0.322 e. The van der Waals surface area contributed by atoms with E-state index in [4.69, 9.17) is 5.26 Å². The average molecular weight is 463 g/mol. The summed E-state index contributed by atoms with van der Waals surface area (Å²) in [5, 5.41) is 11.2. The molecule has 0 radical (unpaired) electrons. The Labute approximate surface area is 180 Å². The molecule has 11 heteroatoms. The van der Waals surface area contributed by atoms with E-state index in [0.29, 0.717) is 0 Å². The van der Waals surface area contributed by atoms with Crippen LogP contribution in [0.2, 0.25) is 0 Å². The van der Waals surface area contributed by atoms with Crippen LogP contribution in [0.25, 0.3) is 11.1 Å². The van der Waals surface area contributed by atoms with E-state index in [0.717, 1.165) is 48.9 Å². The second-order valence-electron chi connectivity index (χ2n) is 6.64. The van der Waals surface area contributed by atoms with Gasteiger partial charge >= 0.3 is 0 Å². The summed E-state index contributed by atoms with van der Waals surface area (Å²) in [4.78, 5) is 15.7. The normalized spacial score (nSPS) is 11.3. The van der Waals surface area contributed by atoms with Crippen LogP contribution in [-0.4, -0.2) is 25.6 Å². The monoisotopic (exact) mass is 463 g/mol. The number of carbonyl (C=O) groups excluding carboxylic acids is 1. The van der Waals surface area contributed by atoms with Crippen molar-refractivity contribution in [3.8, 4) is 17.2 Å². The van der Waals surface area contributed by atoms with Gasteiger partial charge in [-0.2, -0.15) is 5.26 Å². The Morgan fingerprint density at radius 1 is 1.09 bits per heavy atom. The number of sulfone groups is 1. The Morgan fingerprint density at radius 2 is 1.75 bits per heavy atom. The maximum Gasteiger partial charge on any atom is 0.280 e. The molecule has 1 aromatic heterocycles. The molecule has 6 nitrogen and oxygen atoms in total.